The number of benzene rings is 2. The summed E-state index contributed by atoms with van der Waals surface area (Å²) in [5.41, 5.74) is 1.92. The molecule has 0 atom stereocenters. The summed E-state index contributed by atoms with van der Waals surface area (Å²) in [6.45, 7) is 0. The molecular formula is C20H22N6O3S. The van der Waals surface area contributed by atoms with Crippen LogP contribution < -0.4 is 15.4 Å². The molecule has 1 aromatic heterocycles. The van der Waals surface area contributed by atoms with Gasteiger partial charge in [0.05, 0.1) is 4.90 Å². The highest BCUT2D eigenvalue weighted by atomic mass is 32.2. The molecule has 0 spiro atoms. The number of nitrogens with one attached hydrogen (secondary N) is 3. The molecule has 3 N–H and O–H groups in total. The third kappa shape index (κ3) is 5.10. The van der Waals surface area contributed by atoms with E-state index in [-0.39, 0.29) is 10.8 Å². The van der Waals surface area contributed by atoms with Gasteiger partial charge in [-0.3, -0.25) is 4.79 Å². The average molecular weight is 427 g/mol. The first-order chi connectivity index (χ1) is 14.3. The van der Waals surface area contributed by atoms with E-state index in [1.165, 1.54) is 30.4 Å². The minimum absolute atomic E-state index is 0.0717. The number of rotatable bonds is 7. The van der Waals surface area contributed by atoms with Crippen LogP contribution in [0.2, 0.25) is 0 Å². The van der Waals surface area contributed by atoms with Crippen molar-refractivity contribution >= 4 is 38.9 Å². The average Bonchev–Trinajstić information content (AvgIpc) is 2.74. The van der Waals surface area contributed by atoms with Crippen LogP contribution in [0, 0.1) is 0 Å². The SMILES string of the molecule is CNS(=O)(=O)c1cccc(Nc2cc(Nc3ccc(C(=O)N(C)C)cc3)ncn2)c1. The maximum absolute atomic E-state index is 12.0. The van der Waals surface area contributed by atoms with Crippen LogP contribution in [0.3, 0.4) is 0 Å². The van der Waals surface area contributed by atoms with Crippen LogP contribution in [0.25, 0.3) is 0 Å². The van der Waals surface area contributed by atoms with Crippen LogP contribution in [-0.2, 0) is 10.0 Å². The van der Waals surface area contributed by atoms with Crippen molar-refractivity contribution in [3.05, 3.63) is 66.5 Å². The van der Waals surface area contributed by atoms with E-state index in [1.54, 1.807) is 56.6 Å². The van der Waals surface area contributed by atoms with Gasteiger partial charge in [-0.2, -0.15) is 0 Å². The summed E-state index contributed by atoms with van der Waals surface area (Å²) in [5.74, 6) is 0.960. The third-order valence-corrected chi connectivity index (χ3v) is 5.57. The van der Waals surface area contributed by atoms with Gasteiger partial charge < -0.3 is 15.5 Å². The van der Waals surface area contributed by atoms with Gasteiger partial charge in [0.25, 0.3) is 5.91 Å². The van der Waals surface area contributed by atoms with Crippen molar-refractivity contribution in [2.75, 3.05) is 31.8 Å². The molecule has 0 saturated carbocycles. The molecule has 0 aliphatic carbocycles. The van der Waals surface area contributed by atoms with E-state index < -0.39 is 10.0 Å². The van der Waals surface area contributed by atoms with Crippen molar-refractivity contribution in [3.63, 3.8) is 0 Å². The number of sulfonamides is 1. The zero-order valence-electron chi connectivity index (χ0n) is 16.7. The standard InChI is InChI=1S/C20H22N6O3S/c1-21-30(28,29)17-6-4-5-16(11-17)25-19-12-18(22-13-23-19)24-15-9-7-14(8-10-15)20(27)26(2)3/h4-13,21H,1-3H3,(H2,22,23,24,25). The molecule has 0 bridgehead atoms. The third-order valence-electron chi connectivity index (χ3n) is 4.16. The Hall–Kier alpha value is -3.50. The Morgan fingerprint density at radius 2 is 1.53 bits per heavy atom. The zero-order chi connectivity index (χ0) is 21.7. The quantitative estimate of drug-likeness (QED) is 0.532. The lowest BCUT2D eigenvalue weighted by atomic mass is 10.2. The fraction of sp³-hybridized carbons (Fsp3) is 0.150. The second kappa shape index (κ2) is 8.89. The summed E-state index contributed by atoms with van der Waals surface area (Å²) in [7, 11) is 1.23. The van der Waals surface area contributed by atoms with Crippen molar-refractivity contribution in [2.45, 2.75) is 4.90 Å². The number of carbonyl (C=O) groups excluding carboxylic acids is 1. The maximum Gasteiger partial charge on any atom is 0.253 e. The van der Waals surface area contributed by atoms with Crippen molar-refractivity contribution in [3.8, 4) is 0 Å². The van der Waals surface area contributed by atoms with Crippen molar-refractivity contribution in [1.29, 1.82) is 0 Å². The molecule has 30 heavy (non-hydrogen) atoms. The second-order valence-corrected chi connectivity index (χ2v) is 8.44. The van der Waals surface area contributed by atoms with Gasteiger partial charge in [-0.25, -0.2) is 23.1 Å². The van der Waals surface area contributed by atoms with Gasteiger partial charge in [0, 0.05) is 37.1 Å². The Morgan fingerprint density at radius 1 is 0.900 bits per heavy atom. The summed E-state index contributed by atoms with van der Waals surface area (Å²) in [5, 5.41) is 6.22. The van der Waals surface area contributed by atoms with Gasteiger partial charge in [0.1, 0.15) is 18.0 Å². The second-order valence-electron chi connectivity index (χ2n) is 6.55. The van der Waals surface area contributed by atoms with Gasteiger partial charge in [-0.1, -0.05) is 6.07 Å². The van der Waals surface area contributed by atoms with Crippen LogP contribution in [0.1, 0.15) is 10.4 Å². The first kappa shape index (κ1) is 21.2. The molecule has 0 fully saturated rings. The van der Waals surface area contributed by atoms with E-state index in [1.807, 2.05) is 0 Å². The van der Waals surface area contributed by atoms with Crippen LogP contribution >= 0.6 is 0 Å². The summed E-state index contributed by atoms with van der Waals surface area (Å²) in [6, 6.07) is 15.1. The van der Waals surface area contributed by atoms with E-state index in [4.69, 9.17) is 0 Å². The first-order valence-electron chi connectivity index (χ1n) is 9.00. The number of hydrogen-bond acceptors (Lipinski definition) is 7. The molecule has 9 nitrogen and oxygen atoms in total. The topological polar surface area (TPSA) is 116 Å². The van der Waals surface area contributed by atoms with Crippen LogP contribution in [0.4, 0.5) is 23.0 Å². The molecular weight excluding hydrogens is 404 g/mol. The molecule has 0 aliphatic rings. The van der Waals surface area contributed by atoms with E-state index in [0.29, 0.717) is 22.9 Å². The van der Waals surface area contributed by atoms with Crippen molar-refractivity contribution < 1.29 is 13.2 Å². The number of anilines is 4. The van der Waals surface area contributed by atoms with Gasteiger partial charge >= 0.3 is 0 Å². The molecule has 156 valence electrons. The summed E-state index contributed by atoms with van der Waals surface area (Å²) < 4.78 is 26.2. The van der Waals surface area contributed by atoms with Crippen molar-refractivity contribution in [1.82, 2.24) is 19.6 Å². The Balaban J connectivity index is 1.74. The minimum atomic E-state index is -3.54. The molecule has 3 rings (SSSR count). The number of amides is 1. The largest absolute Gasteiger partial charge is 0.345 e. The lowest BCUT2D eigenvalue weighted by molar-refractivity contribution is 0.0827. The molecule has 0 aliphatic heterocycles. The fourth-order valence-corrected chi connectivity index (χ4v) is 3.38. The molecule has 0 saturated heterocycles. The first-order valence-corrected chi connectivity index (χ1v) is 10.5. The lowest BCUT2D eigenvalue weighted by Crippen LogP contribution is -2.21. The van der Waals surface area contributed by atoms with E-state index in [2.05, 4.69) is 25.3 Å². The summed E-state index contributed by atoms with van der Waals surface area (Å²) >= 11 is 0. The monoisotopic (exact) mass is 426 g/mol. The van der Waals surface area contributed by atoms with Crippen LogP contribution in [-0.4, -0.2) is 50.3 Å². The maximum atomic E-state index is 12.0. The van der Waals surface area contributed by atoms with Crippen LogP contribution in [0.5, 0.6) is 0 Å². The van der Waals surface area contributed by atoms with Gasteiger partial charge in [0.15, 0.2) is 0 Å². The molecule has 0 unspecified atom stereocenters. The molecule has 2 aromatic carbocycles. The summed E-state index contributed by atoms with van der Waals surface area (Å²) in [6.07, 6.45) is 1.39. The Bertz CT molecular complexity index is 1150. The molecule has 0 radical (unpaired) electrons. The van der Waals surface area contributed by atoms with Gasteiger partial charge in [-0.15, -0.1) is 0 Å². The summed E-state index contributed by atoms with van der Waals surface area (Å²) in [4.78, 5) is 22.0. The van der Waals surface area contributed by atoms with E-state index in [0.717, 1.165) is 5.69 Å². The van der Waals surface area contributed by atoms with Gasteiger partial charge in [0.2, 0.25) is 10.0 Å². The fourth-order valence-electron chi connectivity index (χ4n) is 2.60. The Kier molecular flexibility index (Phi) is 6.28. The van der Waals surface area contributed by atoms with E-state index >= 15 is 0 Å². The molecule has 1 amide bonds. The highest BCUT2D eigenvalue weighted by Crippen LogP contribution is 2.21. The van der Waals surface area contributed by atoms with E-state index in [9.17, 15) is 13.2 Å². The zero-order valence-corrected chi connectivity index (χ0v) is 17.6. The minimum Gasteiger partial charge on any atom is -0.345 e. The molecule has 1 heterocycles. The Labute approximate surface area is 175 Å². The Morgan fingerprint density at radius 3 is 2.13 bits per heavy atom. The predicted molar refractivity (Wildman–Crippen MR) is 116 cm³/mol. The highest BCUT2D eigenvalue weighted by Gasteiger charge is 2.12. The highest BCUT2D eigenvalue weighted by molar-refractivity contribution is 7.89. The van der Waals surface area contributed by atoms with Gasteiger partial charge in [-0.05, 0) is 49.5 Å². The lowest BCUT2D eigenvalue weighted by Gasteiger charge is -2.12. The van der Waals surface area contributed by atoms with Crippen molar-refractivity contribution in [2.24, 2.45) is 0 Å². The number of nitrogens with zero attached hydrogens (tertiary/aromatic N) is 3. The molecule has 10 heteroatoms. The number of aromatic nitrogens is 2. The number of carbonyl (C=O) groups is 1. The number of hydrogen-bond donors (Lipinski definition) is 3. The predicted octanol–water partition coefficient (Wildman–Crippen LogP) is 2.57. The van der Waals surface area contributed by atoms with Crippen LogP contribution in [0.15, 0.2) is 65.8 Å². The smallest absolute Gasteiger partial charge is 0.253 e. The normalized spacial score (nSPS) is 11.0. The molecule has 3 aromatic rings.